The number of rotatable bonds is 5. The largest absolute Gasteiger partial charge is 0.348 e. The monoisotopic (exact) mass is 369 g/mol. The fourth-order valence-electron chi connectivity index (χ4n) is 2.94. The predicted molar refractivity (Wildman–Crippen MR) is 110 cm³/mol. The highest BCUT2D eigenvalue weighted by Gasteiger charge is 2.11. The van der Waals surface area contributed by atoms with Crippen molar-refractivity contribution in [1.82, 2.24) is 15.0 Å². The number of anilines is 2. The van der Waals surface area contributed by atoms with E-state index >= 15 is 0 Å². The van der Waals surface area contributed by atoms with E-state index in [1.807, 2.05) is 67.6 Å². The summed E-state index contributed by atoms with van der Waals surface area (Å²) in [6, 6.07) is 19.6. The number of hydrogen-bond donors (Lipinski definition) is 2. The molecule has 4 aromatic rings. The zero-order valence-corrected chi connectivity index (χ0v) is 15.3. The molecule has 1 atom stereocenters. The molecule has 0 aliphatic carbocycles. The third-order valence-corrected chi connectivity index (χ3v) is 4.44. The maximum atomic E-state index is 12.6. The Morgan fingerprint density at radius 2 is 1.64 bits per heavy atom. The number of benzene rings is 2. The van der Waals surface area contributed by atoms with E-state index in [4.69, 9.17) is 0 Å². The average molecular weight is 369 g/mol. The molecule has 0 bridgehead atoms. The van der Waals surface area contributed by atoms with Gasteiger partial charge in [-0.3, -0.25) is 9.78 Å². The third-order valence-electron chi connectivity index (χ3n) is 4.44. The maximum absolute atomic E-state index is 12.6. The van der Waals surface area contributed by atoms with E-state index < -0.39 is 0 Å². The number of carbonyl (C=O) groups is 1. The van der Waals surface area contributed by atoms with Crippen LogP contribution >= 0.6 is 0 Å². The standard InChI is InChI=1S/C22H19N5O/c1-15(16-7-3-2-4-8-16)26-22-24-13-18(14-25-22)21(28)27-19-11-5-9-17-10-6-12-23-20(17)19/h2-15H,1H3,(H,27,28)(H,24,25,26). The van der Waals surface area contributed by atoms with Gasteiger partial charge in [-0.15, -0.1) is 0 Å². The number of nitrogens with one attached hydrogen (secondary N) is 2. The third kappa shape index (κ3) is 3.81. The molecule has 2 aromatic carbocycles. The van der Waals surface area contributed by atoms with Crippen LogP contribution in [0.5, 0.6) is 0 Å². The predicted octanol–water partition coefficient (Wildman–Crippen LogP) is 4.45. The van der Waals surface area contributed by atoms with Gasteiger partial charge in [0, 0.05) is 24.0 Å². The minimum absolute atomic E-state index is 0.0580. The molecule has 0 saturated carbocycles. The van der Waals surface area contributed by atoms with Gasteiger partial charge < -0.3 is 10.6 Å². The van der Waals surface area contributed by atoms with Crippen LogP contribution < -0.4 is 10.6 Å². The van der Waals surface area contributed by atoms with Crippen molar-refractivity contribution < 1.29 is 4.79 Å². The Balaban J connectivity index is 1.47. The molecule has 0 aliphatic rings. The Morgan fingerprint density at radius 1 is 0.893 bits per heavy atom. The minimum Gasteiger partial charge on any atom is -0.348 e. The summed E-state index contributed by atoms with van der Waals surface area (Å²) in [5, 5.41) is 7.08. The van der Waals surface area contributed by atoms with Gasteiger partial charge in [-0.1, -0.05) is 48.5 Å². The van der Waals surface area contributed by atoms with Crippen molar-refractivity contribution in [3.8, 4) is 0 Å². The smallest absolute Gasteiger partial charge is 0.258 e. The summed E-state index contributed by atoms with van der Waals surface area (Å²) in [6.07, 6.45) is 4.73. The molecule has 0 aliphatic heterocycles. The van der Waals surface area contributed by atoms with Gasteiger partial charge in [0.05, 0.1) is 22.8 Å². The van der Waals surface area contributed by atoms with Crippen LogP contribution in [0.2, 0.25) is 0 Å². The number of para-hydroxylation sites is 1. The molecular formula is C22H19N5O. The van der Waals surface area contributed by atoms with Crippen molar-refractivity contribution in [3.63, 3.8) is 0 Å². The van der Waals surface area contributed by atoms with E-state index in [-0.39, 0.29) is 11.9 Å². The molecule has 1 unspecified atom stereocenters. The lowest BCUT2D eigenvalue weighted by molar-refractivity contribution is 0.102. The number of hydrogen-bond acceptors (Lipinski definition) is 5. The molecule has 1 amide bonds. The van der Waals surface area contributed by atoms with Gasteiger partial charge in [0.1, 0.15) is 0 Å². The fourth-order valence-corrected chi connectivity index (χ4v) is 2.94. The molecule has 2 heterocycles. The van der Waals surface area contributed by atoms with Crippen LogP contribution in [0.15, 0.2) is 79.3 Å². The second-order valence-corrected chi connectivity index (χ2v) is 6.41. The Bertz CT molecular complexity index is 1090. The van der Waals surface area contributed by atoms with Gasteiger partial charge in [0.15, 0.2) is 0 Å². The van der Waals surface area contributed by atoms with Gasteiger partial charge >= 0.3 is 0 Å². The van der Waals surface area contributed by atoms with Crippen molar-refractivity contribution in [2.75, 3.05) is 10.6 Å². The number of pyridine rings is 1. The van der Waals surface area contributed by atoms with Crippen molar-refractivity contribution in [3.05, 3.63) is 90.4 Å². The molecule has 2 N–H and O–H groups in total. The van der Waals surface area contributed by atoms with Crippen molar-refractivity contribution in [1.29, 1.82) is 0 Å². The molecule has 0 fully saturated rings. The lowest BCUT2D eigenvalue weighted by atomic mass is 10.1. The first kappa shape index (κ1) is 17.6. The van der Waals surface area contributed by atoms with Crippen LogP contribution in [0.3, 0.4) is 0 Å². The normalized spacial score (nSPS) is 11.8. The molecule has 0 saturated heterocycles. The molecule has 6 nitrogen and oxygen atoms in total. The summed E-state index contributed by atoms with van der Waals surface area (Å²) in [4.78, 5) is 25.5. The number of amides is 1. The van der Waals surface area contributed by atoms with Gasteiger partial charge in [0.25, 0.3) is 5.91 Å². The Morgan fingerprint density at radius 3 is 2.43 bits per heavy atom. The summed E-state index contributed by atoms with van der Waals surface area (Å²) >= 11 is 0. The van der Waals surface area contributed by atoms with Gasteiger partial charge in [-0.05, 0) is 24.6 Å². The second kappa shape index (κ2) is 7.84. The van der Waals surface area contributed by atoms with Crippen LogP contribution in [0.1, 0.15) is 28.9 Å². The molecule has 0 radical (unpaired) electrons. The molecule has 0 spiro atoms. The number of nitrogens with zero attached hydrogens (tertiary/aromatic N) is 3. The van der Waals surface area contributed by atoms with E-state index in [1.54, 1.807) is 6.20 Å². The van der Waals surface area contributed by atoms with Gasteiger partial charge in [-0.25, -0.2) is 9.97 Å². The molecular weight excluding hydrogens is 350 g/mol. The number of fused-ring (bicyclic) bond motifs is 1. The van der Waals surface area contributed by atoms with Crippen molar-refractivity contribution in [2.45, 2.75) is 13.0 Å². The summed E-state index contributed by atoms with van der Waals surface area (Å²) in [5.41, 5.74) is 2.92. The molecule has 6 heteroatoms. The summed E-state index contributed by atoms with van der Waals surface area (Å²) in [6.45, 7) is 2.03. The topological polar surface area (TPSA) is 79.8 Å². The summed E-state index contributed by atoms with van der Waals surface area (Å²) in [7, 11) is 0. The first-order chi connectivity index (χ1) is 13.7. The van der Waals surface area contributed by atoms with Crippen LogP contribution in [-0.2, 0) is 0 Å². The van der Waals surface area contributed by atoms with Crippen molar-refractivity contribution in [2.24, 2.45) is 0 Å². The molecule has 138 valence electrons. The SMILES string of the molecule is CC(Nc1ncc(C(=O)Nc2cccc3cccnc23)cn1)c1ccccc1. The van der Waals surface area contributed by atoms with E-state index in [1.165, 1.54) is 12.4 Å². The first-order valence-electron chi connectivity index (χ1n) is 8.99. The Labute approximate surface area is 162 Å². The zero-order chi connectivity index (χ0) is 19.3. The minimum atomic E-state index is -0.277. The maximum Gasteiger partial charge on any atom is 0.258 e. The van der Waals surface area contributed by atoms with Crippen LogP contribution in [0.4, 0.5) is 11.6 Å². The Hall–Kier alpha value is -3.80. The highest BCUT2D eigenvalue weighted by atomic mass is 16.1. The first-order valence-corrected chi connectivity index (χ1v) is 8.99. The quantitative estimate of drug-likeness (QED) is 0.543. The number of aromatic nitrogens is 3. The average Bonchev–Trinajstić information content (AvgIpc) is 2.75. The van der Waals surface area contributed by atoms with Crippen LogP contribution in [0, 0.1) is 0 Å². The highest BCUT2D eigenvalue weighted by molar-refractivity contribution is 6.08. The van der Waals surface area contributed by atoms with Crippen molar-refractivity contribution >= 4 is 28.4 Å². The second-order valence-electron chi connectivity index (χ2n) is 6.41. The highest BCUT2D eigenvalue weighted by Crippen LogP contribution is 2.21. The summed E-state index contributed by atoms with van der Waals surface area (Å²) in [5.74, 6) is 0.195. The zero-order valence-electron chi connectivity index (χ0n) is 15.3. The van der Waals surface area contributed by atoms with E-state index in [9.17, 15) is 4.79 Å². The number of carbonyl (C=O) groups excluding carboxylic acids is 1. The van der Waals surface area contributed by atoms with Gasteiger partial charge in [-0.2, -0.15) is 0 Å². The van der Waals surface area contributed by atoms with E-state index in [0.29, 0.717) is 17.2 Å². The van der Waals surface area contributed by atoms with Crippen LogP contribution in [-0.4, -0.2) is 20.9 Å². The lowest BCUT2D eigenvalue weighted by Crippen LogP contribution is -2.14. The lowest BCUT2D eigenvalue weighted by Gasteiger charge is -2.14. The molecule has 28 heavy (non-hydrogen) atoms. The molecule has 2 aromatic heterocycles. The fraction of sp³-hybridized carbons (Fsp3) is 0.0909. The van der Waals surface area contributed by atoms with Crippen LogP contribution in [0.25, 0.3) is 10.9 Å². The van der Waals surface area contributed by atoms with E-state index in [0.717, 1.165) is 16.5 Å². The summed E-state index contributed by atoms with van der Waals surface area (Å²) < 4.78 is 0. The molecule has 4 rings (SSSR count). The Kier molecular flexibility index (Phi) is 4.93. The van der Waals surface area contributed by atoms with Gasteiger partial charge in [0.2, 0.25) is 5.95 Å². The van der Waals surface area contributed by atoms with E-state index in [2.05, 4.69) is 25.6 Å².